The second kappa shape index (κ2) is 5.21. The van der Waals surface area contributed by atoms with Crippen molar-refractivity contribution in [3.63, 3.8) is 0 Å². The van der Waals surface area contributed by atoms with Gasteiger partial charge in [-0.1, -0.05) is 40.2 Å². The van der Waals surface area contributed by atoms with Crippen molar-refractivity contribution in [2.75, 3.05) is 0 Å². The standard InChI is InChI=1S/C15H14BrFO/c1-15(18,12-3-2-4-14(17)9-12)10-11-5-7-13(16)8-6-11/h2-9,18H,10H2,1H3. The van der Waals surface area contributed by atoms with Crippen molar-refractivity contribution < 1.29 is 9.50 Å². The van der Waals surface area contributed by atoms with Gasteiger partial charge in [0.1, 0.15) is 5.82 Å². The fourth-order valence-corrected chi connectivity index (χ4v) is 2.19. The lowest BCUT2D eigenvalue weighted by Crippen LogP contribution is -2.24. The first-order valence-electron chi connectivity index (χ1n) is 5.70. The first-order valence-corrected chi connectivity index (χ1v) is 6.49. The summed E-state index contributed by atoms with van der Waals surface area (Å²) < 4.78 is 14.2. The molecule has 18 heavy (non-hydrogen) atoms. The van der Waals surface area contributed by atoms with Crippen LogP contribution in [0.5, 0.6) is 0 Å². The molecule has 2 rings (SSSR count). The zero-order valence-electron chi connectivity index (χ0n) is 10.0. The van der Waals surface area contributed by atoms with Gasteiger partial charge in [-0.3, -0.25) is 0 Å². The molecular formula is C15H14BrFO. The highest BCUT2D eigenvalue weighted by Gasteiger charge is 2.23. The molecule has 1 N–H and O–H groups in total. The molecule has 0 aliphatic heterocycles. The van der Waals surface area contributed by atoms with Gasteiger partial charge in [0.15, 0.2) is 0 Å². The van der Waals surface area contributed by atoms with Crippen LogP contribution < -0.4 is 0 Å². The summed E-state index contributed by atoms with van der Waals surface area (Å²) in [6.45, 7) is 1.70. The summed E-state index contributed by atoms with van der Waals surface area (Å²) >= 11 is 3.37. The van der Waals surface area contributed by atoms with E-state index in [0.29, 0.717) is 12.0 Å². The summed E-state index contributed by atoms with van der Waals surface area (Å²) in [7, 11) is 0. The average Bonchev–Trinajstić information content (AvgIpc) is 2.32. The number of halogens is 2. The van der Waals surface area contributed by atoms with Crippen molar-refractivity contribution in [3.8, 4) is 0 Å². The summed E-state index contributed by atoms with van der Waals surface area (Å²) in [4.78, 5) is 0. The van der Waals surface area contributed by atoms with E-state index in [0.717, 1.165) is 10.0 Å². The zero-order valence-corrected chi connectivity index (χ0v) is 11.6. The predicted molar refractivity (Wildman–Crippen MR) is 73.8 cm³/mol. The molecule has 3 heteroatoms. The lowest BCUT2D eigenvalue weighted by Gasteiger charge is -2.24. The molecule has 2 aromatic carbocycles. The third-order valence-electron chi connectivity index (χ3n) is 2.91. The number of hydrogen-bond donors (Lipinski definition) is 1. The van der Waals surface area contributed by atoms with Crippen LogP contribution in [0.3, 0.4) is 0 Å². The number of benzene rings is 2. The van der Waals surface area contributed by atoms with Crippen LogP contribution in [0, 0.1) is 5.82 Å². The second-order valence-corrected chi connectivity index (χ2v) is 5.50. The third kappa shape index (κ3) is 3.18. The maximum atomic E-state index is 13.2. The van der Waals surface area contributed by atoms with Crippen molar-refractivity contribution in [1.82, 2.24) is 0 Å². The van der Waals surface area contributed by atoms with Crippen LogP contribution >= 0.6 is 15.9 Å². The normalized spacial score (nSPS) is 14.2. The first kappa shape index (κ1) is 13.2. The van der Waals surface area contributed by atoms with Crippen molar-refractivity contribution in [3.05, 3.63) is 69.9 Å². The van der Waals surface area contributed by atoms with Gasteiger partial charge in [0.05, 0.1) is 5.60 Å². The predicted octanol–water partition coefficient (Wildman–Crippen LogP) is 4.04. The Morgan fingerprint density at radius 1 is 1.17 bits per heavy atom. The average molecular weight is 309 g/mol. The van der Waals surface area contributed by atoms with Crippen LogP contribution in [0.4, 0.5) is 4.39 Å². The topological polar surface area (TPSA) is 20.2 Å². The fraction of sp³-hybridized carbons (Fsp3) is 0.200. The second-order valence-electron chi connectivity index (χ2n) is 4.59. The van der Waals surface area contributed by atoms with Crippen molar-refractivity contribution >= 4 is 15.9 Å². The van der Waals surface area contributed by atoms with Gasteiger partial charge in [0, 0.05) is 10.9 Å². The third-order valence-corrected chi connectivity index (χ3v) is 3.44. The molecule has 1 nitrogen and oxygen atoms in total. The molecule has 1 atom stereocenters. The summed E-state index contributed by atoms with van der Waals surface area (Å²) in [6, 6.07) is 13.8. The minimum atomic E-state index is -1.07. The van der Waals surface area contributed by atoms with E-state index in [-0.39, 0.29) is 5.82 Å². The Hall–Kier alpha value is -1.19. The Kier molecular flexibility index (Phi) is 3.83. The Bertz CT molecular complexity index is 534. The van der Waals surface area contributed by atoms with Crippen molar-refractivity contribution in [2.24, 2.45) is 0 Å². The SMILES string of the molecule is CC(O)(Cc1ccc(Br)cc1)c1cccc(F)c1. The molecule has 0 spiro atoms. The summed E-state index contributed by atoms with van der Waals surface area (Å²) in [5.41, 5.74) is 0.522. The van der Waals surface area contributed by atoms with Gasteiger partial charge in [0.2, 0.25) is 0 Å². The van der Waals surface area contributed by atoms with Crippen molar-refractivity contribution in [1.29, 1.82) is 0 Å². The lowest BCUT2D eigenvalue weighted by molar-refractivity contribution is 0.0573. The van der Waals surface area contributed by atoms with Gasteiger partial charge in [-0.2, -0.15) is 0 Å². The van der Waals surface area contributed by atoms with Crippen molar-refractivity contribution in [2.45, 2.75) is 18.9 Å². The first-order chi connectivity index (χ1) is 8.47. The molecule has 0 aromatic heterocycles. The molecule has 0 aliphatic carbocycles. The molecule has 0 fully saturated rings. The smallest absolute Gasteiger partial charge is 0.123 e. The molecule has 1 unspecified atom stereocenters. The minimum Gasteiger partial charge on any atom is -0.385 e. The highest BCUT2D eigenvalue weighted by molar-refractivity contribution is 9.10. The molecule has 2 aromatic rings. The lowest BCUT2D eigenvalue weighted by atomic mass is 9.89. The molecular weight excluding hydrogens is 295 g/mol. The van der Waals surface area contributed by atoms with E-state index < -0.39 is 5.60 Å². The monoisotopic (exact) mass is 308 g/mol. The van der Waals surface area contributed by atoms with E-state index in [9.17, 15) is 9.50 Å². The molecule has 0 amide bonds. The van der Waals surface area contributed by atoms with E-state index in [1.165, 1.54) is 12.1 Å². The number of rotatable bonds is 3. The maximum absolute atomic E-state index is 13.2. The van der Waals surface area contributed by atoms with Gasteiger partial charge >= 0.3 is 0 Å². The van der Waals surface area contributed by atoms with Gasteiger partial charge in [-0.05, 0) is 42.3 Å². The Balaban J connectivity index is 2.23. The molecule has 0 saturated carbocycles. The highest BCUT2D eigenvalue weighted by Crippen LogP contribution is 2.26. The Morgan fingerprint density at radius 3 is 2.44 bits per heavy atom. The van der Waals surface area contributed by atoms with Crippen LogP contribution in [-0.4, -0.2) is 5.11 Å². The quantitative estimate of drug-likeness (QED) is 0.907. The summed E-state index contributed by atoms with van der Waals surface area (Å²) in [5, 5.41) is 10.5. The fourth-order valence-electron chi connectivity index (χ4n) is 1.93. The molecule has 0 radical (unpaired) electrons. The van der Waals surface area contributed by atoms with Crippen LogP contribution in [-0.2, 0) is 12.0 Å². The summed E-state index contributed by atoms with van der Waals surface area (Å²) in [6.07, 6.45) is 0.448. The van der Waals surface area contributed by atoms with E-state index in [1.54, 1.807) is 19.1 Å². The van der Waals surface area contributed by atoms with E-state index in [4.69, 9.17) is 0 Å². The Labute approximate surface area is 114 Å². The molecule has 0 bridgehead atoms. The molecule has 94 valence electrons. The highest BCUT2D eigenvalue weighted by atomic mass is 79.9. The molecule has 0 saturated heterocycles. The number of aliphatic hydroxyl groups is 1. The Morgan fingerprint density at radius 2 is 1.83 bits per heavy atom. The van der Waals surface area contributed by atoms with Crippen LogP contribution in [0.2, 0.25) is 0 Å². The van der Waals surface area contributed by atoms with Gasteiger partial charge in [-0.15, -0.1) is 0 Å². The van der Waals surface area contributed by atoms with E-state index in [2.05, 4.69) is 15.9 Å². The minimum absolute atomic E-state index is 0.330. The van der Waals surface area contributed by atoms with Gasteiger partial charge < -0.3 is 5.11 Å². The van der Waals surface area contributed by atoms with Crippen LogP contribution in [0.25, 0.3) is 0 Å². The number of hydrogen-bond acceptors (Lipinski definition) is 1. The maximum Gasteiger partial charge on any atom is 0.123 e. The van der Waals surface area contributed by atoms with Gasteiger partial charge in [0.25, 0.3) is 0 Å². The van der Waals surface area contributed by atoms with E-state index >= 15 is 0 Å². The van der Waals surface area contributed by atoms with Gasteiger partial charge in [-0.25, -0.2) is 4.39 Å². The van der Waals surface area contributed by atoms with Crippen LogP contribution in [0.15, 0.2) is 53.0 Å². The van der Waals surface area contributed by atoms with E-state index in [1.807, 2.05) is 24.3 Å². The molecule has 0 heterocycles. The van der Waals surface area contributed by atoms with Crippen LogP contribution in [0.1, 0.15) is 18.1 Å². The molecule has 0 aliphatic rings. The summed E-state index contributed by atoms with van der Waals surface area (Å²) in [5.74, 6) is -0.330. The largest absolute Gasteiger partial charge is 0.385 e. The zero-order chi connectivity index (χ0) is 13.2.